The van der Waals surface area contributed by atoms with Crippen LogP contribution in [0.2, 0.25) is 0 Å². The number of benzene rings is 2. The number of aliphatic hydroxyl groups excluding tert-OH is 1. The molecule has 3 rings (SSSR count). The average Bonchev–Trinajstić information content (AvgIpc) is 2.86. The van der Waals surface area contributed by atoms with Gasteiger partial charge >= 0.3 is 0 Å². The summed E-state index contributed by atoms with van der Waals surface area (Å²) in [5.41, 5.74) is 2.89. The molecule has 1 aromatic heterocycles. The minimum Gasteiger partial charge on any atom is -0.380 e. The molecular weight excluding hydrogens is 260 g/mol. The number of para-hydroxylation sites is 2. The highest BCUT2D eigenvalue weighted by molar-refractivity contribution is 5.76. The molecule has 2 aromatic carbocycles. The van der Waals surface area contributed by atoms with Crippen LogP contribution in [0, 0.1) is 5.92 Å². The van der Waals surface area contributed by atoms with E-state index in [0.717, 1.165) is 29.0 Å². The lowest BCUT2D eigenvalue weighted by Crippen LogP contribution is -2.13. The van der Waals surface area contributed by atoms with Gasteiger partial charge in [0.1, 0.15) is 11.9 Å². The molecule has 0 fully saturated rings. The third-order valence-electron chi connectivity index (χ3n) is 3.59. The fourth-order valence-electron chi connectivity index (χ4n) is 2.64. The molecule has 1 atom stereocenters. The van der Waals surface area contributed by atoms with Gasteiger partial charge < -0.3 is 9.67 Å². The van der Waals surface area contributed by atoms with Gasteiger partial charge in [0.05, 0.1) is 11.0 Å². The largest absolute Gasteiger partial charge is 0.380 e. The van der Waals surface area contributed by atoms with Gasteiger partial charge in [0.2, 0.25) is 0 Å². The Morgan fingerprint density at radius 2 is 1.67 bits per heavy atom. The van der Waals surface area contributed by atoms with Gasteiger partial charge in [0, 0.05) is 6.54 Å². The molecule has 0 bridgehead atoms. The van der Waals surface area contributed by atoms with Crippen LogP contribution in [0.1, 0.15) is 31.3 Å². The number of nitrogens with zero attached hydrogens (tertiary/aromatic N) is 2. The summed E-state index contributed by atoms with van der Waals surface area (Å²) >= 11 is 0. The molecule has 108 valence electrons. The van der Waals surface area contributed by atoms with E-state index >= 15 is 0 Å². The minimum absolute atomic E-state index is 0.490. The van der Waals surface area contributed by atoms with Crippen molar-refractivity contribution in [2.45, 2.75) is 26.5 Å². The predicted molar refractivity (Wildman–Crippen MR) is 85.1 cm³/mol. The predicted octanol–water partition coefficient (Wildman–Crippen LogP) is 3.77. The van der Waals surface area contributed by atoms with Crippen molar-refractivity contribution in [2.24, 2.45) is 5.92 Å². The van der Waals surface area contributed by atoms with Gasteiger partial charge in [-0.25, -0.2) is 4.98 Å². The second kappa shape index (κ2) is 5.70. The molecule has 0 unspecified atom stereocenters. The smallest absolute Gasteiger partial charge is 0.143 e. The lowest BCUT2D eigenvalue weighted by atomic mass is 10.1. The molecule has 3 nitrogen and oxygen atoms in total. The topological polar surface area (TPSA) is 38.0 Å². The number of hydrogen-bond acceptors (Lipinski definition) is 2. The summed E-state index contributed by atoms with van der Waals surface area (Å²) < 4.78 is 2.14. The summed E-state index contributed by atoms with van der Waals surface area (Å²) in [6, 6.07) is 17.7. The molecule has 0 aliphatic carbocycles. The van der Waals surface area contributed by atoms with Crippen LogP contribution < -0.4 is 0 Å². The fraction of sp³-hybridized carbons (Fsp3) is 0.278. The molecule has 0 saturated heterocycles. The van der Waals surface area contributed by atoms with E-state index in [-0.39, 0.29) is 0 Å². The van der Waals surface area contributed by atoms with Gasteiger partial charge in [0.15, 0.2) is 0 Å². The SMILES string of the molecule is CC(C)Cn1c([C@@H](O)c2ccccc2)nc2ccccc21. The normalized spacial score (nSPS) is 13.0. The molecule has 1 N–H and O–H groups in total. The second-order valence-corrected chi connectivity index (χ2v) is 5.78. The van der Waals surface area contributed by atoms with Crippen LogP contribution in [0.4, 0.5) is 0 Å². The molecule has 3 heteroatoms. The van der Waals surface area contributed by atoms with Gasteiger partial charge in [-0.1, -0.05) is 56.3 Å². The number of rotatable bonds is 4. The van der Waals surface area contributed by atoms with Crippen molar-refractivity contribution in [3.8, 4) is 0 Å². The zero-order valence-electron chi connectivity index (χ0n) is 12.4. The number of fused-ring (bicyclic) bond motifs is 1. The first kappa shape index (κ1) is 13.8. The molecule has 0 saturated carbocycles. The highest BCUT2D eigenvalue weighted by Gasteiger charge is 2.19. The quantitative estimate of drug-likeness (QED) is 0.790. The molecule has 0 radical (unpaired) electrons. The van der Waals surface area contributed by atoms with E-state index in [9.17, 15) is 5.11 Å². The van der Waals surface area contributed by atoms with Crippen LogP contribution in [-0.2, 0) is 6.54 Å². The summed E-state index contributed by atoms with van der Waals surface area (Å²) in [6.07, 6.45) is -0.697. The first-order chi connectivity index (χ1) is 10.2. The molecule has 3 aromatic rings. The van der Waals surface area contributed by atoms with E-state index in [1.807, 2.05) is 48.5 Å². The summed E-state index contributed by atoms with van der Waals surface area (Å²) in [4.78, 5) is 4.65. The van der Waals surface area contributed by atoms with E-state index in [4.69, 9.17) is 0 Å². The lowest BCUT2D eigenvalue weighted by molar-refractivity contribution is 0.203. The lowest BCUT2D eigenvalue weighted by Gasteiger charge is -2.16. The first-order valence-corrected chi connectivity index (χ1v) is 7.35. The van der Waals surface area contributed by atoms with Gasteiger partial charge in [0.25, 0.3) is 0 Å². The standard InChI is InChI=1S/C18H20N2O/c1-13(2)12-20-16-11-7-6-10-15(16)19-18(20)17(21)14-8-4-3-5-9-14/h3-11,13,17,21H,12H2,1-2H3/t17-/m0/s1. The zero-order chi connectivity index (χ0) is 14.8. The van der Waals surface area contributed by atoms with Crippen molar-refractivity contribution in [1.29, 1.82) is 0 Å². The van der Waals surface area contributed by atoms with Crippen molar-refractivity contribution in [2.75, 3.05) is 0 Å². The number of aromatic nitrogens is 2. The van der Waals surface area contributed by atoms with Crippen molar-refractivity contribution in [3.63, 3.8) is 0 Å². The van der Waals surface area contributed by atoms with Gasteiger partial charge in [-0.3, -0.25) is 0 Å². The van der Waals surface area contributed by atoms with Crippen LogP contribution in [-0.4, -0.2) is 14.7 Å². The number of hydrogen-bond donors (Lipinski definition) is 1. The van der Waals surface area contributed by atoms with Crippen LogP contribution in [0.25, 0.3) is 11.0 Å². The van der Waals surface area contributed by atoms with E-state index in [1.165, 1.54) is 0 Å². The van der Waals surface area contributed by atoms with Crippen LogP contribution in [0.15, 0.2) is 54.6 Å². The van der Waals surface area contributed by atoms with Crippen molar-refractivity contribution < 1.29 is 5.11 Å². The molecular formula is C18H20N2O. The molecule has 0 aliphatic heterocycles. The number of aliphatic hydroxyl groups is 1. The van der Waals surface area contributed by atoms with Gasteiger partial charge in [-0.15, -0.1) is 0 Å². The molecule has 0 aliphatic rings. The maximum Gasteiger partial charge on any atom is 0.143 e. The van der Waals surface area contributed by atoms with Crippen molar-refractivity contribution in [3.05, 3.63) is 66.0 Å². The van der Waals surface area contributed by atoms with E-state index in [0.29, 0.717) is 5.92 Å². The Hall–Kier alpha value is -2.13. The third-order valence-corrected chi connectivity index (χ3v) is 3.59. The van der Waals surface area contributed by atoms with E-state index < -0.39 is 6.10 Å². The Morgan fingerprint density at radius 3 is 2.38 bits per heavy atom. The summed E-state index contributed by atoms with van der Waals surface area (Å²) in [5, 5.41) is 10.7. The van der Waals surface area contributed by atoms with Gasteiger partial charge in [-0.05, 0) is 23.6 Å². The second-order valence-electron chi connectivity index (χ2n) is 5.78. The van der Waals surface area contributed by atoms with Gasteiger partial charge in [-0.2, -0.15) is 0 Å². The summed E-state index contributed by atoms with van der Waals surface area (Å²) in [5.74, 6) is 1.21. The molecule has 1 heterocycles. The molecule has 0 amide bonds. The zero-order valence-corrected chi connectivity index (χ0v) is 12.4. The third kappa shape index (κ3) is 2.69. The highest BCUT2D eigenvalue weighted by Crippen LogP contribution is 2.26. The van der Waals surface area contributed by atoms with Crippen molar-refractivity contribution >= 4 is 11.0 Å². The Bertz CT molecular complexity index is 731. The summed E-state index contributed by atoms with van der Waals surface area (Å²) in [6.45, 7) is 5.20. The average molecular weight is 280 g/mol. The first-order valence-electron chi connectivity index (χ1n) is 7.35. The van der Waals surface area contributed by atoms with Crippen molar-refractivity contribution in [1.82, 2.24) is 9.55 Å². The Morgan fingerprint density at radius 1 is 1.00 bits per heavy atom. The van der Waals surface area contributed by atoms with Crippen LogP contribution >= 0.6 is 0 Å². The maximum absolute atomic E-state index is 10.7. The van der Waals surface area contributed by atoms with E-state index in [1.54, 1.807) is 0 Å². The summed E-state index contributed by atoms with van der Waals surface area (Å²) in [7, 11) is 0. The highest BCUT2D eigenvalue weighted by atomic mass is 16.3. The van der Waals surface area contributed by atoms with Crippen LogP contribution in [0.5, 0.6) is 0 Å². The fourth-order valence-corrected chi connectivity index (χ4v) is 2.64. The van der Waals surface area contributed by atoms with E-state index in [2.05, 4.69) is 29.5 Å². The molecule has 0 spiro atoms. The Kier molecular flexibility index (Phi) is 3.76. The minimum atomic E-state index is -0.697. The number of imidazole rings is 1. The van der Waals surface area contributed by atoms with Crippen LogP contribution in [0.3, 0.4) is 0 Å². The monoisotopic (exact) mass is 280 g/mol. The Balaban J connectivity index is 2.12. The molecule has 21 heavy (non-hydrogen) atoms. The maximum atomic E-state index is 10.7. The Labute approximate surface area is 124 Å².